The predicted molar refractivity (Wildman–Crippen MR) is 35.7 cm³/mol. The van der Waals surface area contributed by atoms with Crippen LogP contribution in [0, 0.1) is 16.7 Å². The molecule has 0 heterocycles. The summed E-state index contributed by atoms with van der Waals surface area (Å²) in [5, 5.41) is 17.3. The van der Waals surface area contributed by atoms with E-state index in [9.17, 15) is 0 Å². The highest BCUT2D eigenvalue weighted by molar-refractivity contribution is 4.92. The molecule has 9 heavy (non-hydrogen) atoms. The van der Waals surface area contributed by atoms with Gasteiger partial charge in [-0.3, -0.25) is 0 Å². The van der Waals surface area contributed by atoms with Crippen LogP contribution in [0.3, 0.4) is 0 Å². The van der Waals surface area contributed by atoms with Gasteiger partial charge < -0.3 is 5.11 Å². The molecule has 0 rings (SSSR count). The molecular weight excluding hydrogens is 114 g/mol. The summed E-state index contributed by atoms with van der Waals surface area (Å²) in [6, 6.07) is 2.11. The van der Waals surface area contributed by atoms with E-state index in [1.54, 1.807) is 6.92 Å². The molecule has 0 radical (unpaired) electrons. The molecule has 0 bridgehead atoms. The van der Waals surface area contributed by atoms with Gasteiger partial charge in [0.1, 0.15) is 0 Å². The predicted octanol–water partition coefficient (Wildman–Crippen LogP) is 1.31. The van der Waals surface area contributed by atoms with Crippen LogP contribution in [-0.2, 0) is 0 Å². The molecule has 2 heteroatoms. The number of nitrogens with zero attached hydrogens (tertiary/aromatic N) is 1. The maximum Gasteiger partial charge on any atom is 0.0684 e. The van der Waals surface area contributed by atoms with Gasteiger partial charge in [-0.15, -0.1) is 0 Å². The summed E-state index contributed by atoms with van der Waals surface area (Å²) in [4.78, 5) is 0. The zero-order chi connectivity index (χ0) is 7.49. The minimum Gasteiger partial charge on any atom is -0.393 e. The summed E-state index contributed by atoms with van der Waals surface area (Å²) >= 11 is 0. The van der Waals surface area contributed by atoms with Crippen molar-refractivity contribution in [2.75, 3.05) is 0 Å². The molecule has 1 N–H and O–H groups in total. The Kier molecular flexibility index (Phi) is 2.66. The van der Waals surface area contributed by atoms with Crippen molar-refractivity contribution in [3.8, 4) is 6.07 Å². The van der Waals surface area contributed by atoms with Gasteiger partial charge in [0.2, 0.25) is 0 Å². The SMILES string of the molecule is C[C@@H](O)CC(C)(C)C#N. The summed E-state index contributed by atoms with van der Waals surface area (Å²) in [5.74, 6) is 0. The fourth-order valence-electron chi connectivity index (χ4n) is 0.784. The number of rotatable bonds is 2. The van der Waals surface area contributed by atoms with Crippen LogP contribution in [0.1, 0.15) is 27.2 Å². The van der Waals surface area contributed by atoms with Crippen molar-refractivity contribution in [3.63, 3.8) is 0 Å². The first kappa shape index (κ1) is 8.45. The first-order valence-corrected chi connectivity index (χ1v) is 3.07. The first-order valence-electron chi connectivity index (χ1n) is 3.07. The number of hydrogen-bond acceptors (Lipinski definition) is 2. The lowest BCUT2D eigenvalue weighted by Crippen LogP contribution is -2.15. The fraction of sp³-hybridized carbons (Fsp3) is 0.857. The van der Waals surface area contributed by atoms with Crippen LogP contribution in [0.5, 0.6) is 0 Å². The summed E-state index contributed by atoms with van der Waals surface area (Å²) in [6.45, 7) is 5.33. The molecule has 1 atom stereocenters. The van der Waals surface area contributed by atoms with E-state index in [0.29, 0.717) is 6.42 Å². The third kappa shape index (κ3) is 3.99. The Labute approximate surface area is 56.1 Å². The zero-order valence-electron chi connectivity index (χ0n) is 6.18. The van der Waals surface area contributed by atoms with Gasteiger partial charge in [0.15, 0.2) is 0 Å². The van der Waals surface area contributed by atoms with E-state index in [-0.39, 0.29) is 11.5 Å². The lowest BCUT2D eigenvalue weighted by molar-refractivity contribution is 0.151. The Morgan fingerprint density at radius 2 is 2.11 bits per heavy atom. The molecule has 0 saturated heterocycles. The maximum atomic E-state index is 8.87. The molecule has 52 valence electrons. The van der Waals surface area contributed by atoms with E-state index in [4.69, 9.17) is 10.4 Å². The van der Waals surface area contributed by atoms with Crippen molar-refractivity contribution in [3.05, 3.63) is 0 Å². The van der Waals surface area contributed by atoms with Gasteiger partial charge in [0, 0.05) is 0 Å². The summed E-state index contributed by atoms with van der Waals surface area (Å²) in [5.41, 5.74) is -0.381. The molecule has 0 unspecified atom stereocenters. The first-order chi connectivity index (χ1) is 3.98. The average Bonchev–Trinajstić information content (AvgIpc) is 1.63. The van der Waals surface area contributed by atoms with Gasteiger partial charge in [-0.25, -0.2) is 0 Å². The molecule has 0 aromatic rings. The van der Waals surface area contributed by atoms with Crippen LogP contribution in [-0.4, -0.2) is 11.2 Å². The summed E-state index contributed by atoms with van der Waals surface area (Å²) in [6.07, 6.45) is 0.170. The molecule has 0 aromatic heterocycles. The molecule has 0 aromatic carbocycles. The van der Waals surface area contributed by atoms with Crippen LogP contribution in [0.2, 0.25) is 0 Å². The molecule has 0 aliphatic carbocycles. The van der Waals surface area contributed by atoms with E-state index in [1.807, 2.05) is 13.8 Å². The zero-order valence-corrected chi connectivity index (χ0v) is 6.18. The fourth-order valence-corrected chi connectivity index (χ4v) is 0.784. The van der Waals surface area contributed by atoms with Gasteiger partial charge in [0.05, 0.1) is 17.6 Å². The summed E-state index contributed by atoms with van der Waals surface area (Å²) in [7, 11) is 0. The van der Waals surface area contributed by atoms with Crippen molar-refractivity contribution in [1.82, 2.24) is 0 Å². The van der Waals surface area contributed by atoms with Gasteiger partial charge in [-0.2, -0.15) is 5.26 Å². The standard InChI is InChI=1S/C7H13NO/c1-6(9)4-7(2,3)5-8/h6,9H,4H2,1-3H3/t6-/m1/s1. The second-order valence-corrected chi connectivity index (χ2v) is 3.05. The van der Waals surface area contributed by atoms with E-state index in [0.717, 1.165) is 0 Å². The lowest BCUT2D eigenvalue weighted by Gasteiger charge is -2.15. The molecule has 0 amide bonds. The van der Waals surface area contributed by atoms with Crippen molar-refractivity contribution >= 4 is 0 Å². The van der Waals surface area contributed by atoms with Crippen molar-refractivity contribution in [1.29, 1.82) is 5.26 Å². The molecule has 0 aliphatic rings. The quantitative estimate of drug-likeness (QED) is 0.607. The smallest absolute Gasteiger partial charge is 0.0684 e. The highest BCUT2D eigenvalue weighted by Crippen LogP contribution is 2.20. The normalized spacial score (nSPS) is 14.6. The highest BCUT2D eigenvalue weighted by Gasteiger charge is 2.18. The lowest BCUT2D eigenvalue weighted by atomic mass is 9.89. The van der Waals surface area contributed by atoms with E-state index < -0.39 is 0 Å². The minimum atomic E-state index is -0.381. The minimum absolute atomic E-state index is 0.375. The van der Waals surface area contributed by atoms with Crippen LogP contribution in [0.15, 0.2) is 0 Å². The Hall–Kier alpha value is -0.550. The monoisotopic (exact) mass is 127 g/mol. The number of aliphatic hydroxyl groups excluding tert-OH is 1. The van der Waals surface area contributed by atoms with E-state index >= 15 is 0 Å². The van der Waals surface area contributed by atoms with Crippen LogP contribution in [0.25, 0.3) is 0 Å². The molecule has 0 fully saturated rings. The molecular formula is C7H13NO. The third-order valence-electron chi connectivity index (χ3n) is 1.11. The Morgan fingerprint density at radius 3 is 2.22 bits per heavy atom. The topological polar surface area (TPSA) is 44.0 Å². The van der Waals surface area contributed by atoms with E-state index in [2.05, 4.69) is 6.07 Å². The molecule has 0 spiro atoms. The second-order valence-electron chi connectivity index (χ2n) is 3.05. The number of aliphatic hydroxyl groups is 1. The molecule has 0 saturated carbocycles. The van der Waals surface area contributed by atoms with Gasteiger partial charge in [-0.05, 0) is 27.2 Å². The Balaban J connectivity index is 3.76. The van der Waals surface area contributed by atoms with Gasteiger partial charge in [0.25, 0.3) is 0 Å². The summed E-state index contributed by atoms with van der Waals surface area (Å²) < 4.78 is 0. The number of hydrogen-bond donors (Lipinski definition) is 1. The average molecular weight is 127 g/mol. The van der Waals surface area contributed by atoms with Crippen molar-refractivity contribution < 1.29 is 5.11 Å². The third-order valence-corrected chi connectivity index (χ3v) is 1.11. The largest absolute Gasteiger partial charge is 0.393 e. The highest BCUT2D eigenvalue weighted by atomic mass is 16.3. The van der Waals surface area contributed by atoms with Crippen LogP contribution in [0.4, 0.5) is 0 Å². The molecule has 0 aliphatic heterocycles. The van der Waals surface area contributed by atoms with Crippen molar-refractivity contribution in [2.45, 2.75) is 33.3 Å². The Morgan fingerprint density at radius 1 is 1.67 bits per heavy atom. The van der Waals surface area contributed by atoms with Crippen molar-refractivity contribution in [2.24, 2.45) is 5.41 Å². The van der Waals surface area contributed by atoms with Crippen LogP contribution >= 0.6 is 0 Å². The van der Waals surface area contributed by atoms with Crippen LogP contribution < -0.4 is 0 Å². The second kappa shape index (κ2) is 2.84. The number of nitriles is 1. The molecule has 2 nitrogen and oxygen atoms in total. The Bertz CT molecular complexity index is 121. The maximum absolute atomic E-state index is 8.87. The van der Waals surface area contributed by atoms with Gasteiger partial charge in [-0.1, -0.05) is 0 Å². The van der Waals surface area contributed by atoms with Gasteiger partial charge >= 0.3 is 0 Å². The van der Waals surface area contributed by atoms with E-state index in [1.165, 1.54) is 0 Å².